The molecule has 2 nitrogen and oxygen atoms in total. The molecular formula is C16H19BrO2. The predicted octanol–water partition coefficient (Wildman–Crippen LogP) is 4.75. The van der Waals surface area contributed by atoms with E-state index in [2.05, 4.69) is 22.9 Å². The zero-order valence-electron chi connectivity index (χ0n) is 11.2. The average molecular weight is 323 g/mol. The van der Waals surface area contributed by atoms with Gasteiger partial charge >= 0.3 is 0 Å². The summed E-state index contributed by atoms with van der Waals surface area (Å²) in [6.07, 6.45) is 6.24. The van der Waals surface area contributed by atoms with Crippen molar-refractivity contribution in [3.05, 3.63) is 28.2 Å². The van der Waals surface area contributed by atoms with Gasteiger partial charge in [0.1, 0.15) is 11.4 Å². The highest BCUT2D eigenvalue weighted by atomic mass is 79.9. The fourth-order valence-corrected chi connectivity index (χ4v) is 3.85. The van der Waals surface area contributed by atoms with Crippen LogP contribution in [0.3, 0.4) is 0 Å². The van der Waals surface area contributed by atoms with Crippen LogP contribution < -0.4 is 4.74 Å². The number of carbonyl (C=O) groups excluding carboxylic acids is 1. The van der Waals surface area contributed by atoms with Gasteiger partial charge < -0.3 is 4.74 Å². The van der Waals surface area contributed by atoms with Crippen LogP contribution in [-0.2, 0) is 0 Å². The molecule has 0 bridgehead atoms. The maximum Gasteiger partial charge on any atom is 0.170 e. The van der Waals surface area contributed by atoms with Crippen LogP contribution in [-0.4, -0.2) is 11.4 Å². The lowest BCUT2D eigenvalue weighted by Gasteiger charge is -2.43. The topological polar surface area (TPSA) is 26.3 Å². The number of ether oxygens (including phenoxy) is 1. The number of rotatable bonds is 1. The molecule has 1 aromatic rings. The second-order valence-corrected chi connectivity index (χ2v) is 6.81. The molecule has 0 N–H and O–H groups in total. The van der Waals surface area contributed by atoms with Gasteiger partial charge in [-0.1, -0.05) is 35.7 Å². The van der Waals surface area contributed by atoms with E-state index >= 15 is 0 Å². The number of hydrogen-bond acceptors (Lipinski definition) is 2. The largest absolute Gasteiger partial charge is 0.486 e. The number of carbonyl (C=O) groups is 1. The summed E-state index contributed by atoms with van der Waals surface area (Å²) in [6, 6.07) is 5.71. The number of ketones is 1. The SMILES string of the molecule is CCC1CCCC2(CC(=O)c3ccc(Br)cc3O2)C1. The van der Waals surface area contributed by atoms with Gasteiger partial charge in [-0.2, -0.15) is 0 Å². The number of benzene rings is 1. The van der Waals surface area contributed by atoms with Crippen molar-refractivity contribution in [3.8, 4) is 5.75 Å². The molecule has 102 valence electrons. The van der Waals surface area contributed by atoms with Crippen LogP contribution in [0.4, 0.5) is 0 Å². The molecule has 0 radical (unpaired) electrons. The highest BCUT2D eigenvalue weighted by molar-refractivity contribution is 9.10. The predicted molar refractivity (Wildman–Crippen MR) is 78.7 cm³/mol. The molecule has 1 saturated carbocycles. The third-order valence-electron chi connectivity index (χ3n) is 4.54. The normalized spacial score (nSPS) is 30.0. The molecular weight excluding hydrogens is 304 g/mol. The first kappa shape index (κ1) is 13.2. The van der Waals surface area contributed by atoms with Gasteiger partial charge in [0.05, 0.1) is 12.0 Å². The Morgan fingerprint density at radius 1 is 1.47 bits per heavy atom. The summed E-state index contributed by atoms with van der Waals surface area (Å²) < 4.78 is 7.26. The monoisotopic (exact) mass is 322 g/mol. The first-order valence-corrected chi connectivity index (χ1v) is 7.93. The Bertz CT molecular complexity index is 511. The lowest BCUT2D eigenvalue weighted by molar-refractivity contribution is -0.00433. The lowest BCUT2D eigenvalue weighted by Crippen LogP contribution is -2.45. The van der Waals surface area contributed by atoms with Crippen molar-refractivity contribution in [2.24, 2.45) is 5.92 Å². The molecule has 19 heavy (non-hydrogen) atoms. The van der Waals surface area contributed by atoms with Crippen LogP contribution in [0.25, 0.3) is 0 Å². The van der Waals surface area contributed by atoms with Gasteiger partial charge in [0, 0.05) is 4.47 Å². The van der Waals surface area contributed by atoms with E-state index in [0.29, 0.717) is 12.3 Å². The van der Waals surface area contributed by atoms with Crippen LogP contribution in [0.1, 0.15) is 55.8 Å². The molecule has 3 rings (SSSR count). The molecule has 1 aliphatic heterocycles. The molecule has 1 aromatic carbocycles. The summed E-state index contributed by atoms with van der Waals surface area (Å²) in [5, 5.41) is 0. The zero-order chi connectivity index (χ0) is 13.5. The molecule has 0 aromatic heterocycles. The molecule has 1 heterocycles. The van der Waals surface area contributed by atoms with Crippen LogP contribution in [0.2, 0.25) is 0 Å². The molecule has 1 spiro atoms. The van der Waals surface area contributed by atoms with E-state index in [9.17, 15) is 4.79 Å². The second-order valence-electron chi connectivity index (χ2n) is 5.90. The maximum atomic E-state index is 12.4. The number of Topliss-reactive ketones (excluding diaryl/α,β-unsaturated/α-hetero) is 1. The Balaban J connectivity index is 1.93. The summed E-state index contributed by atoms with van der Waals surface area (Å²) in [5.74, 6) is 1.71. The van der Waals surface area contributed by atoms with E-state index < -0.39 is 0 Å². The number of fused-ring (bicyclic) bond motifs is 1. The van der Waals surface area contributed by atoms with Crippen LogP contribution in [0.15, 0.2) is 22.7 Å². The number of halogens is 1. The molecule has 2 atom stereocenters. The zero-order valence-corrected chi connectivity index (χ0v) is 12.8. The van der Waals surface area contributed by atoms with Gasteiger partial charge in [-0.05, 0) is 43.4 Å². The fraction of sp³-hybridized carbons (Fsp3) is 0.562. The van der Waals surface area contributed by atoms with E-state index in [0.717, 1.165) is 28.6 Å². The lowest BCUT2D eigenvalue weighted by atomic mass is 9.73. The van der Waals surface area contributed by atoms with Crippen molar-refractivity contribution in [1.82, 2.24) is 0 Å². The van der Waals surface area contributed by atoms with Crippen molar-refractivity contribution in [3.63, 3.8) is 0 Å². The Kier molecular flexibility index (Phi) is 3.42. The third-order valence-corrected chi connectivity index (χ3v) is 5.03. The van der Waals surface area contributed by atoms with Crippen molar-refractivity contribution < 1.29 is 9.53 Å². The van der Waals surface area contributed by atoms with Gasteiger partial charge in [0.25, 0.3) is 0 Å². The van der Waals surface area contributed by atoms with Crippen molar-refractivity contribution in [2.75, 3.05) is 0 Å². The average Bonchev–Trinajstić information content (AvgIpc) is 2.38. The Labute approximate surface area is 122 Å². The third kappa shape index (κ3) is 2.45. The van der Waals surface area contributed by atoms with Gasteiger partial charge in [0.15, 0.2) is 5.78 Å². The smallest absolute Gasteiger partial charge is 0.170 e. The molecule has 2 unspecified atom stereocenters. The Morgan fingerprint density at radius 2 is 2.32 bits per heavy atom. The van der Waals surface area contributed by atoms with Gasteiger partial charge in [-0.15, -0.1) is 0 Å². The van der Waals surface area contributed by atoms with Crippen molar-refractivity contribution in [1.29, 1.82) is 0 Å². The van der Waals surface area contributed by atoms with Gasteiger partial charge in [-0.25, -0.2) is 0 Å². The van der Waals surface area contributed by atoms with Gasteiger partial charge in [-0.3, -0.25) is 4.79 Å². The minimum atomic E-state index is -0.232. The van der Waals surface area contributed by atoms with E-state index in [1.165, 1.54) is 19.3 Å². The molecule has 1 fully saturated rings. The number of hydrogen-bond donors (Lipinski definition) is 0. The Morgan fingerprint density at radius 3 is 3.11 bits per heavy atom. The highest BCUT2D eigenvalue weighted by Crippen LogP contribution is 2.44. The molecule has 2 aliphatic rings. The van der Waals surface area contributed by atoms with Crippen LogP contribution in [0, 0.1) is 5.92 Å². The summed E-state index contributed by atoms with van der Waals surface area (Å²) in [5.41, 5.74) is 0.511. The molecule has 3 heteroatoms. The van der Waals surface area contributed by atoms with Gasteiger partial charge in [0.2, 0.25) is 0 Å². The van der Waals surface area contributed by atoms with Crippen molar-refractivity contribution in [2.45, 2.75) is 51.0 Å². The summed E-state index contributed by atoms with van der Waals surface area (Å²) >= 11 is 3.46. The second kappa shape index (κ2) is 4.93. The Hall–Kier alpha value is -0.830. The molecule has 0 amide bonds. The van der Waals surface area contributed by atoms with E-state index in [4.69, 9.17) is 4.74 Å². The quantitative estimate of drug-likeness (QED) is 0.745. The summed E-state index contributed by atoms with van der Waals surface area (Å²) in [6.45, 7) is 2.23. The van der Waals surface area contributed by atoms with Crippen LogP contribution in [0.5, 0.6) is 5.75 Å². The maximum absolute atomic E-state index is 12.4. The van der Waals surface area contributed by atoms with Crippen LogP contribution >= 0.6 is 15.9 Å². The van der Waals surface area contributed by atoms with E-state index in [1.54, 1.807) is 0 Å². The van der Waals surface area contributed by atoms with E-state index in [1.807, 2.05) is 18.2 Å². The minimum Gasteiger partial charge on any atom is -0.486 e. The van der Waals surface area contributed by atoms with Crippen molar-refractivity contribution >= 4 is 21.7 Å². The first-order valence-electron chi connectivity index (χ1n) is 7.14. The summed E-state index contributed by atoms with van der Waals surface area (Å²) in [4.78, 5) is 12.4. The fourth-order valence-electron chi connectivity index (χ4n) is 3.51. The standard InChI is InChI=1S/C16H19BrO2/c1-2-11-4-3-7-16(9-11)10-14(18)13-6-5-12(17)8-15(13)19-16/h5-6,8,11H,2-4,7,9-10H2,1H3. The summed E-state index contributed by atoms with van der Waals surface area (Å²) in [7, 11) is 0. The molecule has 0 saturated heterocycles. The van der Waals surface area contributed by atoms with E-state index in [-0.39, 0.29) is 11.4 Å². The molecule has 1 aliphatic carbocycles. The highest BCUT2D eigenvalue weighted by Gasteiger charge is 2.43. The minimum absolute atomic E-state index is 0.232. The first-order chi connectivity index (χ1) is 9.12.